The molecule has 0 unspecified atom stereocenters. The minimum Gasteiger partial charge on any atom is -0.495 e. The molecule has 0 saturated carbocycles. The van der Waals surface area contributed by atoms with Crippen LogP contribution in [0.5, 0.6) is 5.75 Å². The molecule has 1 N–H and O–H groups in total. The normalized spacial score (nSPS) is 16.1. The topological polar surface area (TPSA) is 44.8 Å². The van der Waals surface area contributed by atoms with E-state index in [4.69, 9.17) is 4.74 Å². The summed E-state index contributed by atoms with van der Waals surface area (Å²) in [4.78, 5) is 16.7. The summed E-state index contributed by atoms with van der Waals surface area (Å²) >= 11 is 0. The van der Waals surface area contributed by atoms with Gasteiger partial charge in [0.2, 0.25) is 5.91 Å². The Morgan fingerprint density at radius 2 is 1.83 bits per heavy atom. The van der Waals surface area contributed by atoms with Crippen LogP contribution in [0.3, 0.4) is 0 Å². The smallest absolute Gasteiger partial charge is 0.225 e. The molecule has 1 saturated heterocycles. The van der Waals surface area contributed by atoms with Crippen LogP contribution in [-0.4, -0.2) is 57.2 Å². The van der Waals surface area contributed by atoms with Gasteiger partial charge in [-0.25, -0.2) is 0 Å². The minimum absolute atomic E-state index is 0.128. The second-order valence-electron chi connectivity index (χ2n) is 7.36. The van der Waals surface area contributed by atoms with Crippen molar-refractivity contribution in [3.63, 3.8) is 0 Å². The molecular formula is C19H31N3O2. The predicted molar refractivity (Wildman–Crippen MR) is 98.7 cm³/mol. The highest BCUT2D eigenvalue weighted by Crippen LogP contribution is 2.28. The summed E-state index contributed by atoms with van der Waals surface area (Å²) in [5.74, 6) is 1.07. The van der Waals surface area contributed by atoms with E-state index in [1.165, 1.54) is 5.69 Å². The second-order valence-corrected chi connectivity index (χ2v) is 7.36. The fourth-order valence-corrected chi connectivity index (χ4v) is 2.87. The van der Waals surface area contributed by atoms with E-state index in [0.717, 1.165) is 51.4 Å². The van der Waals surface area contributed by atoms with Gasteiger partial charge in [0.1, 0.15) is 5.75 Å². The molecule has 0 atom stereocenters. The number of anilines is 1. The van der Waals surface area contributed by atoms with E-state index < -0.39 is 0 Å². The van der Waals surface area contributed by atoms with Crippen LogP contribution in [0.4, 0.5) is 5.69 Å². The standard InChI is InChI=1S/C19H31N3O2/c1-19(2,3)18(23)20-10-7-11-21-12-14-22(15-13-21)16-8-5-6-9-17(16)24-4/h5-6,8-9H,7,10-15H2,1-4H3,(H,20,23). The zero-order chi connectivity index (χ0) is 17.6. The van der Waals surface area contributed by atoms with E-state index >= 15 is 0 Å². The number of nitrogens with zero attached hydrogens (tertiary/aromatic N) is 2. The van der Waals surface area contributed by atoms with Crippen molar-refractivity contribution >= 4 is 11.6 Å². The van der Waals surface area contributed by atoms with Gasteiger partial charge < -0.3 is 15.0 Å². The van der Waals surface area contributed by atoms with Crippen molar-refractivity contribution < 1.29 is 9.53 Å². The highest BCUT2D eigenvalue weighted by atomic mass is 16.5. The van der Waals surface area contributed by atoms with E-state index in [1.54, 1.807) is 7.11 Å². The molecule has 1 aromatic carbocycles. The van der Waals surface area contributed by atoms with E-state index in [1.807, 2.05) is 32.9 Å². The third-order valence-corrected chi connectivity index (χ3v) is 4.42. The lowest BCUT2D eigenvalue weighted by Gasteiger charge is -2.36. The van der Waals surface area contributed by atoms with Gasteiger partial charge in [-0.3, -0.25) is 9.69 Å². The molecule has 2 rings (SSSR count). The molecule has 5 heteroatoms. The van der Waals surface area contributed by atoms with Crippen molar-refractivity contribution in [3.05, 3.63) is 24.3 Å². The van der Waals surface area contributed by atoms with E-state index in [2.05, 4.69) is 27.2 Å². The molecule has 1 heterocycles. The van der Waals surface area contributed by atoms with Crippen LogP contribution >= 0.6 is 0 Å². The Labute approximate surface area is 146 Å². The van der Waals surface area contributed by atoms with E-state index in [9.17, 15) is 4.79 Å². The van der Waals surface area contributed by atoms with Crippen molar-refractivity contribution in [2.45, 2.75) is 27.2 Å². The average Bonchev–Trinajstić information content (AvgIpc) is 2.58. The van der Waals surface area contributed by atoms with Gasteiger partial charge in [0.05, 0.1) is 12.8 Å². The van der Waals surface area contributed by atoms with E-state index in [0.29, 0.717) is 0 Å². The number of carbonyl (C=O) groups is 1. The van der Waals surface area contributed by atoms with Crippen molar-refractivity contribution in [1.29, 1.82) is 0 Å². The lowest BCUT2D eigenvalue weighted by atomic mass is 9.96. The molecule has 1 aromatic rings. The van der Waals surface area contributed by atoms with Crippen LogP contribution in [0, 0.1) is 5.41 Å². The quantitative estimate of drug-likeness (QED) is 0.812. The Balaban J connectivity index is 1.71. The third kappa shape index (κ3) is 5.13. The fourth-order valence-electron chi connectivity index (χ4n) is 2.87. The Morgan fingerprint density at radius 3 is 2.46 bits per heavy atom. The van der Waals surface area contributed by atoms with Gasteiger partial charge in [0.15, 0.2) is 0 Å². The zero-order valence-corrected chi connectivity index (χ0v) is 15.5. The van der Waals surface area contributed by atoms with E-state index in [-0.39, 0.29) is 11.3 Å². The molecule has 5 nitrogen and oxygen atoms in total. The number of para-hydroxylation sites is 2. The molecule has 0 bridgehead atoms. The maximum atomic E-state index is 11.8. The minimum atomic E-state index is -0.305. The Hall–Kier alpha value is -1.75. The van der Waals surface area contributed by atoms with Crippen LogP contribution in [0.2, 0.25) is 0 Å². The molecule has 0 aliphatic carbocycles. The number of methoxy groups -OCH3 is 1. The van der Waals surface area contributed by atoms with Gasteiger partial charge in [-0.1, -0.05) is 32.9 Å². The highest BCUT2D eigenvalue weighted by Gasteiger charge is 2.21. The number of nitrogens with one attached hydrogen (secondary N) is 1. The van der Waals surface area contributed by atoms with Crippen LogP contribution in [0.25, 0.3) is 0 Å². The summed E-state index contributed by atoms with van der Waals surface area (Å²) in [6.07, 6.45) is 0.997. The lowest BCUT2D eigenvalue weighted by molar-refractivity contribution is -0.128. The first-order valence-corrected chi connectivity index (χ1v) is 8.80. The molecule has 134 valence electrons. The Kier molecular flexibility index (Phi) is 6.49. The molecule has 0 radical (unpaired) electrons. The summed E-state index contributed by atoms with van der Waals surface area (Å²) in [6.45, 7) is 11.7. The maximum Gasteiger partial charge on any atom is 0.225 e. The molecule has 1 aliphatic rings. The third-order valence-electron chi connectivity index (χ3n) is 4.42. The molecule has 1 aliphatic heterocycles. The van der Waals surface area contributed by atoms with Crippen LogP contribution in [0.15, 0.2) is 24.3 Å². The monoisotopic (exact) mass is 333 g/mol. The maximum absolute atomic E-state index is 11.8. The first-order valence-electron chi connectivity index (χ1n) is 8.80. The largest absolute Gasteiger partial charge is 0.495 e. The van der Waals surface area contributed by atoms with Gasteiger partial charge in [0, 0.05) is 38.1 Å². The van der Waals surface area contributed by atoms with Crippen molar-refractivity contribution in [2.24, 2.45) is 5.41 Å². The van der Waals surface area contributed by atoms with Gasteiger partial charge in [-0.15, -0.1) is 0 Å². The number of rotatable bonds is 6. The number of benzene rings is 1. The Morgan fingerprint density at radius 1 is 1.17 bits per heavy atom. The summed E-state index contributed by atoms with van der Waals surface area (Å²) in [7, 11) is 1.72. The van der Waals surface area contributed by atoms with Crippen molar-refractivity contribution in [2.75, 3.05) is 51.3 Å². The summed E-state index contributed by atoms with van der Waals surface area (Å²) in [6, 6.07) is 8.20. The van der Waals surface area contributed by atoms with Gasteiger partial charge in [-0.05, 0) is 25.1 Å². The summed E-state index contributed by atoms with van der Waals surface area (Å²) < 4.78 is 5.46. The SMILES string of the molecule is COc1ccccc1N1CCN(CCCNC(=O)C(C)(C)C)CC1. The summed E-state index contributed by atoms with van der Waals surface area (Å²) in [5.41, 5.74) is 0.873. The second kappa shape index (κ2) is 8.38. The zero-order valence-electron chi connectivity index (χ0n) is 15.5. The van der Waals surface area contributed by atoms with Gasteiger partial charge in [0.25, 0.3) is 0 Å². The average molecular weight is 333 g/mol. The summed E-state index contributed by atoms with van der Waals surface area (Å²) in [5, 5.41) is 3.02. The highest BCUT2D eigenvalue weighted by molar-refractivity contribution is 5.81. The Bertz CT molecular complexity index is 532. The number of ether oxygens (including phenoxy) is 1. The van der Waals surface area contributed by atoms with Gasteiger partial charge >= 0.3 is 0 Å². The predicted octanol–water partition coefficient (Wildman–Crippen LogP) is 2.37. The molecule has 24 heavy (non-hydrogen) atoms. The molecule has 1 fully saturated rings. The molecular weight excluding hydrogens is 302 g/mol. The number of hydrogen-bond donors (Lipinski definition) is 1. The lowest BCUT2D eigenvalue weighted by Crippen LogP contribution is -2.47. The number of amides is 1. The fraction of sp³-hybridized carbons (Fsp3) is 0.632. The molecule has 0 aromatic heterocycles. The number of piperazine rings is 1. The first-order chi connectivity index (χ1) is 11.4. The number of carbonyl (C=O) groups excluding carboxylic acids is 1. The first kappa shape index (κ1) is 18.6. The molecule has 1 amide bonds. The van der Waals surface area contributed by atoms with Crippen LogP contribution in [0.1, 0.15) is 27.2 Å². The van der Waals surface area contributed by atoms with Crippen molar-refractivity contribution in [1.82, 2.24) is 10.2 Å². The number of hydrogen-bond acceptors (Lipinski definition) is 4. The van der Waals surface area contributed by atoms with Crippen molar-refractivity contribution in [3.8, 4) is 5.75 Å². The van der Waals surface area contributed by atoms with Crippen LogP contribution < -0.4 is 15.0 Å². The van der Waals surface area contributed by atoms with Gasteiger partial charge in [-0.2, -0.15) is 0 Å². The van der Waals surface area contributed by atoms with Crippen LogP contribution in [-0.2, 0) is 4.79 Å². The molecule has 0 spiro atoms.